The second-order valence-corrected chi connectivity index (χ2v) is 12.2. The molecule has 0 spiro atoms. The minimum atomic E-state index is -0.130. The van der Waals surface area contributed by atoms with Crippen LogP contribution in [-0.2, 0) is 0 Å². The van der Waals surface area contributed by atoms with Gasteiger partial charge < -0.3 is 0 Å². The minimum absolute atomic E-state index is 0.130. The standard InChI is InChI=1S/C14H23PSe/c16-15(13-7-9-1-3-11(13)5-9)14-8-10-2-4-12(14)6-10/h9-15H,1-8H2. The van der Waals surface area contributed by atoms with E-state index in [1.54, 1.807) is 51.4 Å². The van der Waals surface area contributed by atoms with E-state index >= 15 is 0 Å². The number of hydrogen-bond acceptors (Lipinski definition) is 0. The molecule has 4 aliphatic carbocycles. The van der Waals surface area contributed by atoms with Crippen molar-refractivity contribution in [3.05, 3.63) is 0 Å². The molecular formula is C14H23PSe. The van der Waals surface area contributed by atoms with E-state index in [4.69, 9.17) is 0 Å². The molecule has 0 amide bonds. The van der Waals surface area contributed by atoms with E-state index in [0.717, 1.165) is 11.8 Å². The molecule has 4 fully saturated rings. The molecule has 0 aliphatic heterocycles. The summed E-state index contributed by atoms with van der Waals surface area (Å²) in [6.45, 7) is 0. The molecule has 4 bridgehead atoms. The van der Waals surface area contributed by atoms with Crippen LogP contribution in [0.1, 0.15) is 51.4 Å². The van der Waals surface area contributed by atoms with Crippen LogP contribution < -0.4 is 0 Å². The quantitative estimate of drug-likeness (QED) is 0.539. The van der Waals surface area contributed by atoms with Crippen LogP contribution in [0, 0.1) is 23.7 Å². The van der Waals surface area contributed by atoms with Gasteiger partial charge >= 0.3 is 108 Å². The molecule has 4 aliphatic rings. The molecule has 16 heavy (non-hydrogen) atoms. The Morgan fingerprint density at radius 3 is 1.50 bits per heavy atom. The zero-order chi connectivity index (χ0) is 10.7. The summed E-state index contributed by atoms with van der Waals surface area (Å²) in [4.78, 5) is 0. The summed E-state index contributed by atoms with van der Waals surface area (Å²) >= 11 is 3.73. The maximum atomic E-state index is 3.73. The van der Waals surface area contributed by atoms with Gasteiger partial charge in [-0.3, -0.25) is 0 Å². The fourth-order valence-corrected chi connectivity index (χ4v) is 12.3. The van der Waals surface area contributed by atoms with Crippen molar-refractivity contribution >= 4 is 21.3 Å². The van der Waals surface area contributed by atoms with Gasteiger partial charge in [-0.2, -0.15) is 0 Å². The van der Waals surface area contributed by atoms with Crippen molar-refractivity contribution in [2.45, 2.75) is 62.7 Å². The average Bonchev–Trinajstić information content (AvgIpc) is 3.06. The first-order valence-electron chi connectivity index (χ1n) is 7.35. The molecule has 4 rings (SSSR count). The molecule has 6 atom stereocenters. The second-order valence-electron chi connectivity index (χ2n) is 6.97. The van der Waals surface area contributed by atoms with Crippen molar-refractivity contribution in [2.75, 3.05) is 0 Å². The molecule has 0 heterocycles. The summed E-state index contributed by atoms with van der Waals surface area (Å²) in [6, 6.07) is 0. The normalized spacial score (nSPS) is 56.0. The number of hydrogen-bond donors (Lipinski definition) is 0. The molecule has 0 aromatic heterocycles. The van der Waals surface area contributed by atoms with Gasteiger partial charge in [-0.25, -0.2) is 0 Å². The van der Waals surface area contributed by atoms with Crippen LogP contribution in [-0.4, -0.2) is 26.4 Å². The van der Waals surface area contributed by atoms with Gasteiger partial charge in [0.2, 0.25) is 0 Å². The van der Waals surface area contributed by atoms with E-state index < -0.39 is 0 Å². The molecule has 0 nitrogen and oxygen atoms in total. The van der Waals surface area contributed by atoms with Crippen molar-refractivity contribution < 1.29 is 0 Å². The van der Waals surface area contributed by atoms with Crippen LogP contribution in [0.25, 0.3) is 0 Å². The van der Waals surface area contributed by atoms with E-state index in [1.807, 2.05) is 0 Å². The molecule has 0 radical (unpaired) electrons. The van der Waals surface area contributed by atoms with Gasteiger partial charge in [-0.1, -0.05) is 0 Å². The summed E-state index contributed by atoms with van der Waals surface area (Å²) < 4.78 is 0. The summed E-state index contributed by atoms with van der Waals surface area (Å²) in [5.41, 5.74) is 2.38. The number of rotatable bonds is 2. The van der Waals surface area contributed by atoms with E-state index in [1.165, 1.54) is 23.2 Å². The van der Waals surface area contributed by atoms with E-state index in [9.17, 15) is 0 Å². The molecule has 0 saturated heterocycles. The monoisotopic (exact) mass is 302 g/mol. The Bertz CT molecular complexity index is 297. The zero-order valence-electron chi connectivity index (χ0n) is 10.0. The molecule has 0 aromatic rings. The van der Waals surface area contributed by atoms with Gasteiger partial charge in [0.15, 0.2) is 0 Å². The van der Waals surface area contributed by atoms with Crippen molar-refractivity contribution in [3.63, 3.8) is 0 Å². The predicted molar refractivity (Wildman–Crippen MR) is 72.5 cm³/mol. The SMILES string of the molecule is [Se]=[PH](C1CC2CCC1C2)C1CC2CCC1C2. The van der Waals surface area contributed by atoms with Crippen molar-refractivity contribution in [2.24, 2.45) is 23.7 Å². The Morgan fingerprint density at radius 2 is 1.19 bits per heavy atom. The van der Waals surface area contributed by atoms with E-state index in [-0.39, 0.29) is 6.17 Å². The van der Waals surface area contributed by atoms with Crippen LogP contribution in [0.15, 0.2) is 0 Å². The Hall–Kier alpha value is 0.949. The molecule has 2 heteroatoms. The third-order valence-corrected chi connectivity index (χ3v) is 12.9. The van der Waals surface area contributed by atoms with E-state index in [2.05, 4.69) is 15.1 Å². The van der Waals surface area contributed by atoms with Crippen molar-refractivity contribution in [1.82, 2.24) is 0 Å². The third-order valence-electron chi connectivity index (χ3n) is 6.21. The molecule has 0 aromatic carbocycles. The molecule has 0 N–H and O–H groups in total. The first-order valence-corrected chi connectivity index (χ1v) is 11.5. The second kappa shape index (κ2) is 3.97. The predicted octanol–water partition coefficient (Wildman–Crippen LogP) is 3.66. The van der Waals surface area contributed by atoms with Crippen LogP contribution in [0.3, 0.4) is 0 Å². The van der Waals surface area contributed by atoms with Gasteiger partial charge in [-0.05, 0) is 0 Å². The Morgan fingerprint density at radius 1 is 0.688 bits per heavy atom. The Labute approximate surface area is 108 Å². The average molecular weight is 301 g/mol. The van der Waals surface area contributed by atoms with Gasteiger partial charge in [0.05, 0.1) is 0 Å². The molecule has 6 unspecified atom stereocenters. The summed E-state index contributed by atoms with van der Waals surface area (Å²) in [5, 5.41) is 0. The van der Waals surface area contributed by atoms with E-state index in [0.29, 0.717) is 0 Å². The van der Waals surface area contributed by atoms with Crippen LogP contribution in [0.2, 0.25) is 0 Å². The van der Waals surface area contributed by atoms with Crippen LogP contribution in [0.4, 0.5) is 0 Å². The fraction of sp³-hybridized carbons (Fsp3) is 1.00. The van der Waals surface area contributed by atoms with Gasteiger partial charge in [0.1, 0.15) is 0 Å². The van der Waals surface area contributed by atoms with Gasteiger partial charge in [-0.15, -0.1) is 0 Å². The fourth-order valence-electron chi connectivity index (χ4n) is 5.46. The first-order chi connectivity index (χ1) is 7.81. The summed E-state index contributed by atoms with van der Waals surface area (Å²) in [5.74, 6) is 4.64. The first kappa shape index (κ1) is 10.8. The van der Waals surface area contributed by atoms with Crippen molar-refractivity contribution in [3.8, 4) is 0 Å². The Balaban J connectivity index is 1.50. The zero-order valence-corrected chi connectivity index (χ0v) is 12.7. The van der Waals surface area contributed by atoms with Crippen LogP contribution >= 0.6 is 6.17 Å². The Kier molecular flexibility index (Phi) is 2.69. The molecule has 90 valence electrons. The third kappa shape index (κ3) is 1.58. The maximum absolute atomic E-state index is 3.73. The number of fused-ring (bicyclic) bond motifs is 4. The topological polar surface area (TPSA) is 0 Å². The van der Waals surface area contributed by atoms with Gasteiger partial charge in [0.25, 0.3) is 0 Å². The van der Waals surface area contributed by atoms with Gasteiger partial charge in [0, 0.05) is 0 Å². The molecular weight excluding hydrogens is 278 g/mol. The summed E-state index contributed by atoms with van der Waals surface area (Å²) in [7, 11) is 0. The van der Waals surface area contributed by atoms with Crippen molar-refractivity contribution in [1.29, 1.82) is 0 Å². The van der Waals surface area contributed by atoms with Crippen LogP contribution in [0.5, 0.6) is 0 Å². The summed E-state index contributed by atoms with van der Waals surface area (Å²) in [6.07, 6.45) is 12.7. The molecule has 4 saturated carbocycles.